The zero-order valence-corrected chi connectivity index (χ0v) is 13.0. The van der Waals surface area contributed by atoms with Crippen molar-refractivity contribution in [1.82, 2.24) is 5.32 Å². The summed E-state index contributed by atoms with van der Waals surface area (Å²) in [4.78, 5) is 0.379. The summed E-state index contributed by atoms with van der Waals surface area (Å²) in [6, 6.07) is 7.39. The van der Waals surface area contributed by atoms with Gasteiger partial charge >= 0.3 is 0 Å². The third kappa shape index (κ3) is 4.18. The summed E-state index contributed by atoms with van der Waals surface area (Å²) >= 11 is 0. The molecule has 0 aliphatic heterocycles. The number of rotatable bonds is 6. The Labute approximate surface area is 122 Å². The van der Waals surface area contributed by atoms with Crippen LogP contribution in [0, 0.1) is 0 Å². The van der Waals surface area contributed by atoms with Gasteiger partial charge in [-0.25, -0.2) is 8.42 Å². The van der Waals surface area contributed by atoms with Crippen molar-refractivity contribution in [3.8, 4) is 0 Å². The van der Waals surface area contributed by atoms with E-state index in [0.29, 0.717) is 4.90 Å². The molecule has 20 heavy (non-hydrogen) atoms. The molecule has 1 aromatic carbocycles. The quantitative estimate of drug-likeness (QED) is 0.819. The maximum atomic E-state index is 11.4. The largest absolute Gasteiger partial charge is 0.310 e. The summed E-state index contributed by atoms with van der Waals surface area (Å²) in [6.45, 7) is 3.08. The number of allylic oxidation sites excluding steroid dienone is 1. The van der Waals surface area contributed by atoms with Gasteiger partial charge in [-0.3, -0.25) is 0 Å². The van der Waals surface area contributed by atoms with E-state index in [1.165, 1.54) is 25.5 Å². The molecule has 1 unspecified atom stereocenters. The summed E-state index contributed by atoms with van der Waals surface area (Å²) in [6.07, 6.45) is 8.49. The van der Waals surface area contributed by atoms with Crippen LogP contribution in [0.3, 0.4) is 0 Å². The number of nitrogens with one attached hydrogen (secondary N) is 1. The summed E-state index contributed by atoms with van der Waals surface area (Å²) in [5, 5.41) is 3.49. The van der Waals surface area contributed by atoms with E-state index in [0.717, 1.165) is 18.5 Å². The second-order valence-electron chi connectivity index (χ2n) is 5.52. The molecule has 3 nitrogen and oxygen atoms in total. The lowest BCUT2D eigenvalue weighted by Crippen LogP contribution is -2.20. The first kappa shape index (κ1) is 15.3. The summed E-state index contributed by atoms with van der Waals surface area (Å²) < 4.78 is 22.8. The van der Waals surface area contributed by atoms with Crippen molar-refractivity contribution in [1.29, 1.82) is 0 Å². The zero-order chi connectivity index (χ0) is 14.6. The molecule has 1 aliphatic rings. The lowest BCUT2D eigenvalue weighted by atomic mass is 10.1. The van der Waals surface area contributed by atoms with Crippen LogP contribution in [0.25, 0.3) is 0 Å². The van der Waals surface area contributed by atoms with Gasteiger partial charge in [0, 0.05) is 12.3 Å². The highest BCUT2D eigenvalue weighted by molar-refractivity contribution is 7.90. The van der Waals surface area contributed by atoms with Gasteiger partial charge in [0.15, 0.2) is 9.84 Å². The maximum absolute atomic E-state index is 11.4. The zero-order valence-electron chi connectivity index (χ0n) is 12.2. The molecule has 1 N–H and O–H groups in total. The molecule has 0 heterocycles. The predicted octanol–water partition coefficient (Wildman–Crippen LogP) is 3.24. The Morgan fingerprint density at radius 1 is 1.25 bits per heavy atom. The van der Waals surface area contributed by atoms with Crippen LogP contribution in [0.1, 0.15) is 44.2 Å². The molecule has 0 fully saturated rings. The Morgan fingerprint density at radius 2 is 1.95 bits per heavy atom. The number of hydrogen-bond donors (Lipinski definition) is 1. The minimum absolute atomic E-state index is 0.241. The van der Waals surface area contributed by atoms with Crippen LogP contribution in [0.4, 0.5) is 0 Å². The second kappa shape index (κ2) is 6.55. The minimum atomic E-state index is -3.10. The Morgan fingerprint density at radius 3 is 2.50 bits per heavy atom. The SMILES string of the molecule is CC(NCCC1=CCCC1)c1ccc(S(C)(=O)=O)cc1. The highest BCUT2D eigenvalue weighted by Gasteiger charge is 2.10. The van der Waals surface area contributed by atoms with Crippen LogP contribution >= 0.6 is 0 Å². The Bertz CT molecular complexity index is 573. The van der Waals surface area contributed by atoms with Crippen molar-refractivity contribution in [2.75, 3.05) is 12.8 Å². The smallest absolute Gasteiger partial charge is 0.175 e. The monoisotopic (exact) mass is 293 g/mol. The molecule has 0 spiro atoms. The van der Waals surface area contributed by atoms with E-state index < -0.39 is 9.84 Å². The van der Waals surface area contributed by atoms with E-state index in [4.69, 9.17) is 0 Å². The van der Waals surface area contributed by atoms with Gasteiger partial charge in [-0.05, 0) is 56.8 Å². The highest BCUT2D eigenvalue weighted by Crippen LogP contribution is 2.21. The molecular weight excluding hydrogens is 270 g/mol. The topological polar surface area (TPSA) is 46.2 Å². The van der Waals surface area contributed by atoms with E-state index in [1.54, 1.807) is 17.7 Å². The van der Waals surface area contributed by atoms with E-state index in [2.05, 4.69) is 18.3 Å². The molecule has 4 heteroatoms. The molecule has 1 aliphatic carbocycles. The van der Waals surface area contributed by atoms with Crippen molar-refractivity contribution in [2.45, 2.75) is 43.5 Å². The van der Waals surface area contributed by atoms with E-state index in [-0.39, 0.29) is 6.04 Å². The fourth-order valence-electron chi connectivity index (χ4n) is 2.54. The van der Waals surface area contributed by atoms with Crippen LogP contribution in [-0.4, -0.2) is 21.2 Å². The summed E-state index contributed by atoms with van der Waals surface area (Å²) in [5.74, 6) is 0. The average Bonchev–Trinajstić information content (AvgIpc) is 2.91. The number of benzene rings is 1. The van der Waals surface area contributed by atoms with Crippen LogP contribution < -0.4 is 5.32 Å². The summed E-state index contributed by atoms with van der Waals surface area (Å²) in [7, 11) is -3.10. The van der Waals surface area contributed by atoms with Crippen molar-refractivity contribution >= 4 is 9.84 Å². The van der Waals surface area contributed by atoms with Crippen molar-refractivity contribution in [2.24, 2.45) is 0 Å². The predicted molar refractivity (Wildman–Crippen MR) is 82.5 cm³/mol. The first-order valence-electron chi connectivity index (χ1n) is 7.18. The van der Waals surface area contributed by atoms with Crippen molar-refractivity contribution < 1.29 is 8.42 Å². The number of sulfone groups is 1. The van der Waals surface area contributed by atoms with Gasteiger partial charge in [0.25, 0.3) is 0 Å². The molecule has 110 valence electrons. The number of hydrogen-bond acceptors (Lipinski definition) is 3. The Kier molecular flexibility index (Phi) is 5.00. The average molecular weight is 293 g/mol. The van der Waals surface area contributed by atoms with Gasteiger partial charge < -0.3 is 5.32 Å². The highest BCUT2D eigenvalue weighted by atomic mass is 32.2. The molecule has 1 aromatic rings. The van der Waals surface area contributed by atoms with Crippen LogP contribution in [0.15, 0.2) is 40.8 Å². The first-order chi connectivity index (χ1) is 9.47. The molecule has 0 radical (unpaired) electrons. The van der Waals surface area contributed by atoms with Gasteiger partial charge in [0.1, 0.15) is 0 Å². The Hall–Kier alpha value is -1.13. The maximum Gasteiger partial charge on any atom is 0.175 e. The van der Waals surface area contributed by atoms with Crippen LogP contribution in [-0.2, 0) is 9.84 Å². The summed E-state index contributed by atoms with van der Waals surface area (Å²) in [5.41, 5.74) is 2.69. The third-order valence-electron chi connectivity index (χ3n) is 3.84. The van der Waals surface area contributed by atoms with Crippen LogP contribution in [0.2, 0.25) is 0 Å². The lowest BCUT2D eigenvalue weighted by molar-refractivity contribution is 0.572. The first-order valence-corrected chi connectivity index (χ1v) is 9.07. The lowest BCUT2D eigenvalue weighted by Gasteiger charge is -2.15. The molecule has 0 saturated heterocycles. The molecule has 0 amide bonds. The third-order valence-corrected chi connectivity index (χ3v) is 4.97. The van der Waals surface area contributed by atoms with Gasteiger partial charge in [-0.1, -0.05) is 23.8 Å². The van der Waals surface area contributed by atoms with E-state index in [9.17, 15) is 8.42 Å². The molecular formula is C16H23NO2S. The van der Waals surface area contributed by atoms with Crippen molar-refractivity contribution in [3.05, 3.63) is 41.5 Å². The molecule has 0 bridgehead atoms. The standard InChI is InChI=1S/C16H23NO2S/c1-13(17-12-11-14-5-3-4-6-14)15-7-9-16(10-8-15)20(2,18)19/h5,7-10,13,17H,3-4,6,11-12H2,1-2H3. The second-order valence-corrected chi connectivity index (χ2v) is 7.54. The van der Waals surface area contributed by atoms with Gasteiger partial charge in [0.05, 0.1) is 4.90 Å². The van der Waals surface area contributed by atoms with Crippen LogP contribution in [0.5, 0.6) is 0 Å². The van der Waals surface area contributed by atoms with E-state index >= 15 is 0 Å². The molecule has 2 rings (SSSR count). The Balaban J connectivity index is 1.87. The normalized spacial score (nSPS) is 17.0. The fraction of sp³-hybridized carbons (Fsp3) is 0.500. The minimum Gasteiger partial charge on any atom is -0.310 e. The molecule has 1 atom stereocenters. The fourth-order valence-corrected chi connectivity index (χ4v) is 3.17. The van der Waals surface area contributed by atoms with Gasteiger partial charge in [-0.2, -0.15) is 0 Å². The van der Waals surface area contributed by atoms with Gasteiger partial charge in [0.2, 0.25) is 0 Å². The van der Waals surface area contributed by atoms with Gasteiger partial charge in [-0.15, -0.1) is 0 Å². The van der Waals surface area contributed by atoms with E-state index in [1.807, 2.05) is 12.1 Å². The molecule has 0 aromatic heterocycles. The molecule has 0 saturated carbocycles. The van der Waals surface area contributed by atoms with Crippen molar-refractivity contribution in [3.63, 3.8) is 0 Å².